The van der Waals surface area contributed by atoms with Crippen molar-refractivity contribution in [3.8, 4) is 0 Å². The molecule has 94 valence electrons. The second-order valence-electron chi connectivity index (χ2n) is 5.40. The van der Waals surface area contributed by atoms with Crippen molar-refractivity contribution in [1.82, 2.24) is 9.88 Å². The van der Waals surface area contributed by atoms with Gasteiger partial charge in [-0.25, -0.2) is 0 Å². The summed E-state index contributed by atoms with van der Waals surface area (Å²) in [6.07, 6.45) is 3.47. The third kappa shape index (κ3) is 3.82. The Morgan fingerprint density at radius 2 is 2.18 bits per heavy atom. The molecule has 1 rings (SSSR count). The maximum absolute atomic E-state index is 12.1. The van der Waals surface area contributed by atoms with E-state index in [0.29, 0.717) is 6.54 Å². The third-order valence-corrected chi connectivity index (χ3v) is 2.72. The largest absolute Gasteiger partial charge is 0.340 e. The van der Waals surface area contributed by atoms with Gasteiger partial charge in [0.2, 0.25) is 5.91 Å². The van der Waals surface area contributed by atoms with Crippen LogP contribution in [0, 0.1) is 5.41 Å². The van der Waals surface area contributed by atoms with Crippen LogP contribution in [0.1, 0.15) is 26.3 Å². The van der Waals surface area contributed by atoms with Crippen molar-refractivity contribution >= 4 is 5.91 Å². The highest BCUT2D eigenvalue weighted by Gasteiger charge is 2.29. The lowest BCUT2D eigenvalue weighted by Crippen LogP contribution is -2.48. The van der Waals surface area contributed by atoms with Crippen LogP contribution in [-0.4, -0.2) is 28.9 Å². The summed E-state index contributed by atoms with van der Waals surface area (Å²) in [4.78, 5) is 17.7. The molecule has 0 aliphatic heterocycles. The number of carbonyl (C=O) groups excluding carboxylic acids is 1. The van der Waals surface area contributed by atoms with Crippen LogP contribution in [0.4, 0.5) is 0 Å². The van der Waals surface area contributed by atoms with Gasteiger partial charge in [0.15, 0.2) is 0 Å². The first-order chi connectivity index (χ1) is 7.82. The summed E-state index contributed by atoms with van der Waals surface area (Å²) >= 11 is 0. The molecule has 1 aromatic heterocycles. The van der Waals surface area contributed by atoms with E-state index in [2.05, 4.69) is 4.98 Å². The number of hydrogen-bond donors (Lipinski definition) is 1. The van der Waals surface area contributed by atoms with Crippen molar-refractivity contribution in [2.24, 2.45) is 11.1 Å². The second-order valence-corrected chi connectivity index (χ2v) is 5.40. The molecule has 0 unspecified atom stereocenters. The van der Waals surface area contributed by atoms with Crippen LogP contribution in [0.5, 0.6) is 0 Å². The van der Waals surface area contributed by atoms with E-state index in [9.17, 15) is 4.79 Å². The number of hydrogen-bond acceptors (Lipinski definition) is 3. The van der Waals surface area contributed by atoms with E-state index in [1.807, 2.05) is 32.9 Å². The van der Waals surface area contributed by atoms with Crippen LogP contribution in [0.2, 0.25) is 0 Å². The highest BCUT2D eigenvalue weighted by atomic mass is 16.2. The Morgan fingerprint density at radius 1 is 1.53 bits per heavy atom. The minimum absolute atomic E-state index is 0.0404. The van der Waals surface area contributed by atoms with E-state index in [4.69, 9.17) is 5.73 Å². The van der Waals surface area contributed by atoms with Crippen molar-refractivity contribution in [3.05, 3.63) is 30.1 Å². The SMILES string of the molecule is CN(Cc1cccnc1)C(=O)[C@H](N)C(C)(C)C. The van der Waals surface area contributed by atoms with Crippen LogP contribution in [0.15, 0.2) is 24.5 Å². The Hall–Kier alpha value is -1.42. The molecule has 0 saturated heterocycles. The van der Waals surface area contributed by atoms with Gasteiger partial charge in [-0.15, -0.1) is 0 Å². The summed E-state index contributed by atoms with van der Waals surface area (Å²) in [5.74, 6) is -0.0404. The Bertz CT molecular complexity index is 370. The maximum atomic E-state index is 12.1. The second kappa shape index (κ2) is 5.27. The molecule has 0 saturated carbocycles. The normalized spacial score (nSPS) is 13.2. The zero-order valence-electron chi connectivity index (χ0n) is 11.0. The van der Waals surface area contributed by atoms with E-state index in [-0.39, 0.29) is 11.3 Å². The van der Waals surface area contributed by atoms with Gasteiger partial charge in [0.05, 0.1) is 6.04 Å². The Kier molecular flexibility index (Phi) is 4.23. The molecule has 0 aliphatic rings. The smallest absolute Gasteiger partial charge is 0.240 e. The van der Waals surface area contributed by atoms with E-state index in [1.54, 1.807) is 24.3 Å². The molecule has 0 fully saturated rings. The first kappa shape index (κ1) is 13.6. The first-order valence-electron chi connectivity index (χ1n) is 5.72. The molecular weight excluding hydrogens is 214 g/mol. The number of aromatic nitrogens is 1. The molecule has 0 aliphatic carbocycles. The van der Waals surface area contributed by atoms with Gasteiger partial charge in [-0.05, 0) is 17.0 Å². The molecule has 0 aromatic carbocycles. The number of carbonyl (C=O) groups is 1. The Labute approximate surface area is 103 Å². The van der Waals surface area contributed by atoms with Gasteiger partial charge in [-0.1, -0.05) is 26.8 Å². The summed E-state index contributed by atoms with van der Waals surface area (Å²) < 4.78 is 0. The molecule has 1 amide bonds. The first-order valence-corrected chi connectivity index (χ1v) is 5.72. The number of rotatable bonds is 3. The standard InChI is InChI=1S/C13H21N3O/c1-13(2,3)11(14)12(17)16(4)9-10-6-5-7-15-8-10/h5-8,11H,9,14H2,1-4H3/t11-/m0/s1. The summed E-state index contributed by atoms with van der Waals surface area (Å²) in [5.41, 5.74) is 6.72. The molecule has 4 nitrogen and oxygen atoms in total. The molecule has 0 spiro atoms. The zero-order chi connectivity index (χ0) is 13.1. The predicted octanol–water partition coefficient (Wildman–Crippen LogP) is 1.41. The molecule has 0 bridgehead atoms. The number of nitrogens with two attached hydrogens (primary N) is 1. The Morgan fingerprint density at radius 3 is 2.65 bits per heavy atom. The van der Waals surface area contributed by atoms with Crippen molar-refractivity contribution in [2.75, 3.05) is 7.05 Å². The van der Waals surface area contributed by atoms with Crippen LogP contribution >= 0.6 is 0 Å². The quantitative estimate of drug-likeness (QED) is 0.861. The molecular formula is C13H21N3O. The maximum Gasteiger partial charge on any atom is 0.240 e. The van der Waals surface area contributed by atoms with Crippen LogP contribution in [0.25, 0.3) is 0 Å². The van der Waals surface area contributed by atoms with Crippen LogP contribution < -0.4 is 5.73 Å². The third-order valence-electron chi connectivity index (χ3n) is 2.72. The van der Waals surface area contributed by atoms with Gasteiger partial charge in [-0.2, -0.15) is 0 Å². The molecule has 1 heterocycles. The number of nitrogens with zero attached hydrogens (tertiary/aromatic N) is 2. The minimum Gasteiger partial charge on any atom is -0.340 e. The van der Waals surface area contributed by atoms with Gasteiger partial charge in [0, 0.05) is 26.0 Å². The van der Waals surface area contributed by atoms with Gasteiger partial charge in [0.1, 0.15) is 0 Å². The Balaban J connectivity index is 2.65. The van der Waals surface area contributed by atoms with Gasteiger partial charge in [0.25, 0.3) is 0 Å². The average molecular weight is 235 g/mol. The van der Waals surface area contributed by atoms with Crippen molar-refractivity contribution in [2.45, 2.75) is 33.4 Å². The summed E-state index contributed by atoms with van der Waals surface area (Å²) in [5, 5.41) is 0. The summed E-state index contributed by atoms with van der Waals surface area (Å²) in [7, 11) is 1.76. The molecule has 0 radical (unpaired) electrons. The fourth-order valence-electron chi connectivity index (χ4n) is 1.45. The zero-order valence-corrected chi connectivity index (χ0v) is 11.0. The number of amides is 1. The van der Waals surface area contributed by atoms with E-state index < -0.39 is 6.04 Å². The number of likely N-dealkylation sites (N-methyl/N-ethyl adjacent to an activating group) is 1. The molecule has 17 heavy (non-hydrogen) atoms. The van der Waals surface area contributed by atoms with Gasteiger partial charge in [-0.3, -0.25) is 9.78 Å². The van der Waals surface area contributed by atoms with Crippen LogP contribution in [-0.2, 0) is 11.3 Å². The highest BCUT2D eigenvalue weighted by molar-refractivity contribution is 5.82. The van der Waals surface area contributed by atoms with E-state index in [0.717, 1.165) is 5.56 Å². The lowest BCUT2D eigenvalue weighted by molar-refractivity contribution is -0.134. The van der Waals surface area contributed by atoms with E-state index in [1.165, 1.54) is 0 Å². The topological polar surface area (TPSA) is 59.2 Å². The molecule has 1 aromatic rings. The number of pyridine rings is 1. The monoisotopic (exact) mass is 235 g/mol. The molecule has 4 heteroatoms. The molecule has 1 atom stereocenters. The summed E-state index contributed by atoms with van der Waals surface area (Å²) in [6, 6.07) is 3.32. The summed E-state index contributed by atoms with van der Waals surface area (Å²) in [6.45, 7) is 6.44. The van der Waals surface area contributed by atoms with Crippen molar-refractivity contribution < 1.29 is 4.79 Å². The van der Waals surface area contributed by atoms with Gasteiger partial charge >= 0.3 is 0 Å². The van der Waals surface area contributed by atoms with Crippen molar-refractivity contribution in [1.29, 1.82) is 0 Å². The fourth-order valence-corrected chi connectivity index (χ4v) is 1.45. The minimum atomic E-state index is -0.482. The average Bonchev–Trinajstić information content (AvgIpc) is 2.27. The predicted molar refractivity (Wildman–Crippen MR) is 68.1 cm³/mol. The molecule has 2 N–H and O–H groups in total. The fraction of sp³-hybridized carbons (Fsp3) is 0.538. The lowest BCUT2D eigenvalue weighted by Gasteiger charge is -2.30. The van der Waals surface area contributed by atoms with Crippen LogP contribution in [0.3, 0.4) is 0 Å². The highest BCUT2D eigenvalue weighted by Crippen LogP contribution is 2.19. The van der Waals surface area contributed by atoms with E-state index >= 15 is 0 Å². The van der Waals surface area contributed by atoms with Gasteiger partial charge < -0.3 is 10.6 Å². The van der Waals surface area contributed by atoms with Crippen molar-refractivity contribution in [3.63, 3.8) is 0 Å². The lowest BCUT2D eigenvalue weighted by atomic mass is 9.86.